The summed E-state index contributed by atoms with van der Waals surface area (Å²) in [5.74, 6) is -1.99. The molecule has 0 spiro atoms. The molecule has 32 heavy (non-hydrogen) atoms. The summed E-state index contributed by atoms with van der Waals surface area (Å²) in [6.45, 7) is 0. The van der Waals surface area contributed by atoms with E-state index in [9.17, 15) is 24.1 Å². The van der Waals surface area contributed by atoms with Crippen LogP contribution in [0.2, 0.25) is 0 Å². The normalized spacial score (nSPS) is 15.4. The van der Waals surface area contributed by atoms with Crippen molar-refractivity contribution in [2.45, 2.75) is 0 Å². The Morgan fingerprint density at radius 3 is 1.94 bits per heavy atom. The van der Waals surface area contributed by atoms with Crippen molar-refractivity contribution in [1.82, 2.24) is 0 Å². The van der Waals surface area contributed by atoms with Gasteiger partial charge in [0.15, 0.2) is 5.11 Å². The van der Waals surface area contributed by atoms with Gasteiger partial charge in [-0.25, -0.2) is 4.39 Å². The van der Waals surface area contributed by atoms with Gasteiger partial charge in [0, 0.05) is 6.07 Å². The maximum absolute atomic E-state index is 13.5. The van der Waals surface area contributed by atoms with Gasteiger partial charge in [-0.15, -0.1) is 0 Å². The average Bonchev–Trinajstić information content (AvgIpc) is 2.79. The maximum Gasteiger partial charge on any atom is 0.276 e. The number of anilines is 2. The lowest BCUT2D eigenvalue weighted by molar-refractivity contribution is -0.385. The zero-order valence-electron chi connectivity index (χ0n) is 16.3. The van der Waals surface area contributed by atoms with E-state index < -0.39 is 22.6 Å². The summed E-state index contributed by atoms with van der Waals surface area (Å²) < 4.78 is 13.5. The minimum absolute atomic E-state index is 0.0917. The Kier molecular flexibility index (Phi) is 5.57. The second-order valence-electron chi connectivity index (χ2n) is 6.75. The molecule has 158 valence electrons. The van der Waals surface area contributed by atoms with Gasteiger partial charge in [0.25, 0.3) is 17.5 Å². The molecule has 0 unspecified atom stereocenters. The van der Waals surface area contributed by atoms with Crippen LogP contribution in [0.1, 0.15) is 5.56 Å². The van der Waals surface area contributed by atoms with Gasteiger partial charge in [-0.1, -0.05) is 30.3 Å². The number of thiocarbonyl (C=S) groups is 1. The van der Waals surface area contributed by atoms with Crippen LogP contribution in [0.25, 0.3) is 6.08 Å². The number of nitrogens with zero attached hydrogens (tertiary/aromatic N) is 3. The van der Waals surface area contributed by atoms with Crippen LogP contribution in [-0.4, -0.2) is 21.9 Å². The van der Waals surface area contributed by atoms with Crippen molar-refractivity contribution in [3.8, 4) is 0 Å². The van der Waals surface area contributed by atoms with Crippen LogP contribution in [-0.2, 0) is 9.59 Å². The Labute approximate surface area is 187 Å². The zero-order chi connectivity index (χ0) is 22.8. The van der Waals surface area contributed by atoms with Gasteiger partial charge < -0.3 is 0 Å². The Hall–Kier alpha value is -4.24. The molecule has 0 bridgehead atoms. The maximum atomic E-state index is 13.5. The molecular formula is C23H14FN3O4S. The number of benzene rings is 3. The highest BCUT2D eigenvalue weighted by Crippen LogP contribution is 2.31. The summed E-state index contributed by atoms with van der Waals surface area (Å²) in [5, 5.41) is 11.3. The molecule has 4 rings (SSSR count). The summed E-state index contributed by atoms with van der Waals surface area (Å²) >= 11 is 5.47. The molecule has 7 nitrogen and oxygen atoms in total. The predicted octanol–water partition coefficient (Wildman–Crippen LogP) is 4.48. The van der Waals surface area contributed by atoms with Gasteiger partial charge in [-0.05, 0) is 60.8 Å². The molecule has 0 saturated carbocycles. The number of halogens is 1. The largest absolute Gasteiger partial charge is 0.276 e. The molecule has 1 fully saturated rings. The first kappa shape index (κ1) is 21.0. The Balaban J connectivity index is 1.90. The summed E-state index contributed by atoms with van der Waals surface area (Å²) in [7, 11) is 0. The molecule has 1 saturated heterocycles. The van der Waals surface area contributed by atoms with E-state index in [0.29, 0.717) is 5.69 Å². The van der Waals surface area contributed by atoms with Crippen molar-refractivity contribution in [1.29, 1.82) is 0 Å². The van der Waals surface area contributed by atoms with Crippen LogP contribution < -0.4 is 9.80 Å². The number of carbonyl (C=O) groups excluding carboxylic acids is 2. The first-order valence-corrected chi connectivity index (χ1v) is 9.78. The molecule has 3 aromatic rings. The van der Waals surface area contributed by atoms with Crippen molar-refractivity contribution >= 4 is 52.3 Å². The van der Waals surface area contributed by atoms with Crippen LogP contribution >= 0.6 is 12.2 Å². The molecule has 1 aliphatic rings. The number of nitro benzene ring substituents is 1. The van der Waals surface area contributed by atoms with Crippen molar-refractivity contribution in [3.05, 3.63) is 106 Å². The summed E-state index contributed by atoms with van der Waals surface area (Å²) in [6.07, 6.45) is 1.18. The highest BCUT2D eigenvalue weighted by atomic mass is 32.1. The number of amides is 2. The molecule has 1 heterocycles. The average molecular weight is 447 g/mol. The van der Waals surface area contributed by atoms with E-state index in [4.69, 9.17) is 12.2 Å². The number of para-hydroxylation sites is 2. The van der Waals surface area contributed by atoms with Gasteiger partial charge in [0.2, 0.25) is 0 Å². The number of carbonyl (C=O) groups is 2. The molecule has 0 aliphatic carbocycles. The van der Waals surface area contributed by atoms with Gasteiger partial charge in [0.05, 0.1) is 21.9 Å². The Morgan fingerprint density at radius 1 is 0.812 bits per heavy atom. The topological polar surface area (TPSA) is 83.8 Å². The first-order chi connectivity index (χ1) is 15.4. The van der Waals surface area contributed by atoms with Crippen LogP contribution in [0.3, 0.4) is 0 Å². The zero-order valence-corrected chi connectivity index (χ0v) is 17.2. The van der Waals surface area contributed by atoms with Gasteiger partial charge >= 0.3 is 0 Å². The molecule has 9 heteroatoms. The van der Waals surface area contributed by atoms with E-state index in [0.717, 1.165) is 4.90 Å². The smallest absolute Gasteiger partial charge is 0.268 e. The summed E-state index contributed by atoms with van der Waals surface area (Å²) in [5.41, 5.74) is 0.183. The Morgan fingerprint density at radius 2 is 1.34 bits per heavy atom. The van der Waals surface area contributed by atoms with Crippen molar-refractivity contribution in [2.24, 2.45) is 0 Å². The molecular weight excluding hydrogens is 433 g/mol. The molecule has 0 radical (unpaired) electrons. The lowest BCUT2D eigenvalue weighted by Crippen LogP contribution is -2.56. The monoisotopic (exact) mass is 447 g/mol. The van der Waals surface area contributed by atoms with Crippen LogP contribution in [0.4, 0.5) is 21.5 Å². The van der Waals surface area contributed by atoms with E-state index in [1.807, 2.05) is 0 Å². The van der Waals surface area contributed by atoms with Crippen molar-refractivity contribution in [3.63, 3.8) is 0 Å². The van der Waals surface area contributed by atoms with Crippen LogP contribution in [0.5, 0.6) is 0 Å². The molecule has 0 N–H and O–H groups in total. The third kappa shape index (κ3) is 3.77. The van der Waals surface area contributed by atoms with E-state index in [1.165, 1.54) is 53.4 Å². The fourth-order valence-electron chi connectivity index (χ4n) is 3.28. The molecule has 0 atom stereocenters. The fraction of sp³-hybridized carbons (Fsp3) is 0. The minimum atomic E-state index is -0.767. The lowest BCUT2D eigenvalue weighted by Gasteiger charge is -2.36. The van der Waals surface area contributed by atoms with Gasteiger partial charge in [-0.3, -0.25) is 29.5 Å². The molecule has 1 aliphatic heterocycles. The van der Waals surface area contributed by atoms with Gasteiger partial charge in [0.1, 0.15) is 11.4 Å². The summed E-state index contributed by atoms with van der Waals surface area (Å²) in [6, 6.07) is 19.3. The Bertz CT molecular complexity index is 1280. The van der Waals surface area contributed by atoms with E-state index >= 15 is 0 Å². The van der Waals surface area contributed by atoms with E-state index in [1.54, 1.807) is 36.4 Å². The van der Waals surface area contributed by atoms with Crippen molar-refractivity contribution in [2.75, 3.05) is 9.80 Å². The van der Waals surface area contributed by atoms with Crippen LogP contribution in [0.15, 0.2) is 84.4 Å². The number of hydrogen-bond acceptors (Lipinski definition) is 5. The third-order valence-corrected chi connectivity index (χ3v) is 5.15. The summed E-state index contributed by atoms with van der Waals surface area (Å²) in [4.78, 5) is 39.8. The second kappa shape index (κ2) is 8.48. The third-order valence-electron chi connectivity index (χ3n) is 4.78. The number of hydrogen-bond donors (Lipinski definition) is 0. The first-order valence-electron chi connectivity index (χ1n) is 9.37. The van der Waals surface area contributed by atoms with Crippen LogP contribution in [0, 0.1) is 15.9 Å². The fourth-order valence-corrected chi connectivity index (χ4v) is 3.66. The van der Waals surface area contributed by atoms with Crippen molar-refractivity contribution < 1.29 is 18.9 Å². The minimum Gasteiger partial charge on any atom is -0.268 e. The standard InChI is InChI=1S/C23H14FN3O4S/c24-16-10-12-18(13-11-16)26-22(29)19(14-15-6-4-5-9-20(15)27(30)31)21(28)25(23(26)32)17-7-2-1-3-8-17/h1-14H. The number of nitro groups is 1. The lowest BCUT2D eigenvalue weighted by atomic mass is 10.0. The molecule has 2 amide bonds. The molecule has 3 aromatic carbocycles. The van der Waals surface area contributed by atoms with E-state index in [2.05, 4.69) is 0 Å². The highest BCUT2D eigenvalue weighted by Gasteiger charge is 2.41. The quantitative estimate of drug-likeness (QED) is 0.194. The van der Waals surface area contributed by atoms with Gasteiger partial charge in [-0.2, -0.15) is 0 Å². The SMILES string of the molecule is O=C1C(=Cc2ccccc2[N+](=O)[O-])C(=O)N(c2ccc(F)cc2)C(=S)N1c1ccccc1. The highest BCUT2D eigenvalue weighted by molar-refractivity contribution is 7.81. The number of rotatable bonds is 4. The van der Waals surface area contributed by atoms with E-state index in [-0.39, 0.29) is 27.6 Å². The molecule has 0 aromatic heterocycles. The second-order valence-corrected chi connectivity index (χ2v) is 7.11. The predicted molar refractivity (Wildman–Crippen MR) is 121 cm³/mol.